The number of ether oxygens (including phenoxy) is 1. The number of rotatable bonds is 7. The standard InChI is InChI=1S/C18H16FN3O2S2/c1-12-2-8-15(9-3-12)25-11-16(23)20-18-22-21-17(26-18)10-24-14-6-4-13(19)5-7-14/h2-9H,10-11H2,1H3,(H,20,22,23). The summed E-state index contributed by atoms with van der Waals surface area (Å²) in [6.07, 6.45) is 0. The summed E-state index contributed by atoms with van der Waals surface area (Å²) in [6, 6.07) is 13.7. The van der Waals surface area contributed by atoms with Gasteiger partial charge in [-0.15, -0.1) is 22.0 Å². The Labute approximate surface area is 158 Å². The van der Waals surface area contributed by atoms with Crippen molar-refractivity contribution in [1.29, 1.82) is 0 Å². The SMILES string of the molecule is Cc1ccc(SCC(=O)Nc2nnc(COc3ccc(F)cc3)s2)cc1. The van der Waals surface area contributed by atoms with E-state index in [2.05, 4.69) is 15.5 Å². The summed E-state index contributed by atoms with van der Waals surface area (Å²) >= 11 is 2.71. The first-order chi connectivity index (χ1) is 12.6. The minimum atomic E-state index is -0.318. The number of benzene rings is 2. The van der Waals surface area contributed by atoms with Crippen molar-refractivity contribution in [1.82, 2.24) is 10.2 Å². The van der Waals surface area contributed by atoms with Gasteiger partial charge in [0.05, 0.1) is 5.75 Å². The minimum Gasteiger partial charge on any atom is -0.486 e. The summed E-state index contributed by atoms with van der Waals surface area (Å²) in [6.45, 7) is 2.23. The molecule has 3 rings (SSSR count). The Bertz CT molecular complexity index is 867. The molecule has 0 aliphatic carbocycles. The molecule has 0 spiro atoms. The number of anilines is 1. The van der Waals surface area contributed by atoms with Crippen LogP contribution in [0.3, 0.4) is 0 Å². The normalized spacial score (nSPS) is 10.5. The number of halogens is 1. The third-order valence-electron chi connectivity index (χ3n) is 3.28. The summed E-state index contributed by atoms with van der Waals surface area (Å²) in [5, 5.41) is 11.7. The Kier molecular flexibility index (Phi) is 6.19. The number of hydrogen-bond donors (Lipinski definition) is 1. The average Bonchev–Trinajstić information content (AvgIpc) is 3.08. The van der Waals surface area contributed by atoms with Gasteiger partial charge in [0.1, 0.15) is 18.2 Å². The fourth-order valence-electron chi connectivity index (χ4n) is 1.98. The Morgan fingerprint density at radius 3 is 2.62 bits per heavy atom. The lowest BCUT2D eigenvalue weighted by Crippen LogP contribution is -2.13. The average molecular weight is 389 g/mol. The van der Waals surface area contributed by atoms with Crippen LogP contribution in [0.1, 0.15) is 10.6 Å². The zero-order valence-corrected chi connectivity index (χ0v) is 15.6. The van der Waals surface area contributed by atoms with Gasteiger partial charge in [-0.2, -0.15) is 0 Å². The van der Waals surface area contributed by atoms with Gasteiger partial charge in [0.25, 0.3) is 0 Å². The van der Waals surface area contributed by atoms with Gasteiger partial charge in [0.15, 0.2) is 5.01 Å². The molecule has 0 aliphatic heterocycles. The topological polar surface area (TPSA) is 64.1 Å². The van der Waals surface area contributed by atoms with Crippen LogP contribution in [0.15, 0.2) is 53.4 Å². The molecule has 0 unspecified atom stereocenters. The smallest absolute Gasteiger partial charge is 0.236 e. The Hall–Kier alpha value is -2.45. The third-order valence-corrected chi connectivity index (χ3v) is 5.10. The lowest BCUT2D eigenvalue weighted by atomic mass is 10.2. The summed E-state index contributed by atoms with van der Waals surface area (Å²) in [5.74, 6) is 0.380. The molecule has 0 fully saturated rings. The Balaban J connectivity index is 1.45. The third kappa shape index (κ3) is 5.53. The molecule has 5 nitrogen and oxygen atoms in total. The number of carbonyl (C=O) groups excluding carboxylic acids is 1. The van der Waals surface area contributed by atoms with Crippen molar-refractivity contribution in [2.24, 2.45) is 0 Å². The highest BCUT2D eigenvalue weighted by molar-refractivity contribution is 8.00. The predicted molar refractivity (Wildman–Crippen MR) is 101 cm³/mol. The molecule has 3 aromatic rings. The van der Waals surface area contributed by atoms with Crippen molar-refractivity contribution in [3.05, 3.63) is 64.9 Å². The van der Waals surface area contributed by atoms with Crippen LogP contribution in [0.2, 0.25) is 0 Å². The van der Waals surface area contributed by atoms with Crippen LogP contribution in [0.4, 0.5) is 9.52 Å². The maximum Gasteiger partial charge on any atom is 0.236 e. The molecule has 1 amide bonds. The monoisotopic (exact) mass is 389 g/mol. The highest BCUT2D eigenvalue weighted by Gasteiger charge is 2.09. The number of nitrogens with one attached hydrogen (secondary N) is 1. The first-order valence-electron chi connectivity index (χ1n) is 7.78. The minimum absolute atomic E-state index is 0.141. The van der Waals surface area contributed by atoms with E-state index in [-0.39, 0.29) is 18.3 Å². The summed E-state index contributed by atoms with van der Waals surface area (Å²) < 4.78 is 18.4. The number of aryl methyl sites for hydroxylation is 1. The molecule has 0 saturated carbocycles. The van der Waals surface area contributed by atoms with E-state index in [0.717, 1.165) is 4.90 Å². The van der Waals surface area contributed by atoms with E-state index in [4.69, 9.17) is 4.74 Å². The predicted octanol–water partition coefficient (Wildman–Crippen LogP) is 4.30. The van der Waals surface area contributed by atoms with E-state index in [1.807, 2.05) is 31.2 Å². The largest absolute Gasteiger partial charge is 0.486 e. The number of nitrogens with zero attached hydrogens (tertiary/aromatic N) is 2. The van der Waals surface area contributed by atoms with Crippen molar-refractivity contribution in [2.45, 2.75) is 18.4 Å². The molecular weight excluding hydrogens is 373 g/mol. The van der Waals surface area contributed by atoms with Crippen LogP contribution in [0, 0.1) is 12.7 Å². The fraction of sp³-hybridized carbons (Fsp3) is 0.167. The zero-order valence-electron chi connectivity index (χ0n) is 13.9. The van der Waals surface area contributed by atoms with E-state index >= 15 is 0 Å². The second-order valence-corrected chi connectivity index (χ2v) is 7.50. The van der Waals surface area contributed by atoms with E-state index < -0.39 is 0 Å². The molecule has 26 heavy (non-hydrogen) atoms. The number of aromatic nitrogens is 2. The van der Waals surface area contributed by atoms with Crippen LogP contribution in [-0.4, -0.2) is 21.9 Å². The number of carbonyl (C=O) groups is 1. The van der Waals surface area contributed by atoms with Gasteiger partial charge < -0.3 is 4.74 Å². The van der Waals surface area contributed by atoms with Gasteiger partial charge in [-0.1, -0.05) is 29.0 Å². The maximum absolute atomic E-state index is 12.8. The maximum atomic E-state index is 12.8. The lowest BCUT2D eigenvalue weighted by molar-refractivity contribution is -0.113. The number of hydrogen-bond acceptors (Lipinski definition) is 6. The number of thioether (sulfide) groups is 1. The molecule has 1 N–H and O–H groups in total. The zero-order chi connectivity index (χ0) is 18.4. The van der Waals surface area contributed by atoms with Crippen molar-refractivity contribution in [3.8, 4) is 5.75 Å². The van der Waals surface area contributed by atoms with E-state index in [0.29, 0.717) is 21.6 Å². The Morgan fingerprint density at radius 1 is 1.15 bits per heavy atom. The fourth-order valence-corrected chi connectivity index (χ4v) is 3.34. The summed E-state index contributed by atoms with van der Waals surface area (Å²) in [5.41, 5.74) is 1.18. The lowest BCUT2D eigenvalue weighted by Gasteiger charge is -2.03. The second-order valence-electron chi connectivity index (χ2n) is 5.39. The molecule has 0 saturated heterocycles. The van der Waals surface area contributed by atoms with E-state index in [1.165, 1.54) is 40.8 Å². The molecule has 8 heteroatoms. The van der Waals surface area contributed by atoms with Crippen molar-refractivity contribution >= 4 is 34.1 Å². The first-order valence-corrected chi connectivity index (χ1v) is 9.59. The highest BCUT2D eigenvalue weighted by Crippen LogP contribution is 2.21. The van der Waals surface area contributed by atoms with Crippen molar-refractivity contribution < 1.29 is 13.9 Å². The highest BCUT2D eigenvalue weighted by atomic mass is 32.2. The van der Waals surface area contributed by atoms with Crippen LogP contribution in [-0.2, 0) is 11.4 Å². The molecule has 0 radical (unpaired) electrons. The van der Waals surface area contributed by atoms with E-state index in [1.54, 1.807) is 12.1 Å². The van der Waals surface area contributed by atoms with Crippen molar-refractivity contribution in [2.75, 3.05) is 11.1 Å². The molecule has 134 valence electrons. The summed E-state index contributed by atoms with van der Waals surface area (Å²) in [7, 11) is 0. The molecule has 1 heterocycles. The molecule has 0 bridgehead atoms. The number of amides is 1. The summed E-state index contributed by atoms with van der Waals surface area (Å²) in [4.78, 5) is 13.1. The van der Waals surface area contributed by atoms with Gasteiger partial charge in [-0.25, -0.2) is 4.39 Å². The quantitative estimate of drug-likeness (QED) is 0.611. The molecule has 0 atom stereocenters. The van der Waals surface area contributed by atoms with Gasteiger partial charge in [0, 0.05) is 4.90 Å². The first kappa shape index (κ1) is 18.3. The molecular formula is C18H16FN3O2S2. The van der Waals surface area contributed by atoms with Gasteiger partial charge in [-0.05, 0) is 43.3 Å². The van der Waals surface area contributed by atoms with Gasteiger partial charge >= 0.3 is 0 Å². The van der Waals surface area contributed by atoms with Crippen LogP contribution >= 0.6 is 23.1 Å². The molecule has 0 aliphatic rings. The van der Waals surface area contributed by atoms with E-state index in [9.17, 15) is 9.18 Å². The van der Waals surface area contributed by atoms with Crippen molar-refractivity contribution in [3.63, 3.8) is 0 Å². The van der Waals surface area contributed by atoms with Crippen LogP contribution in [0.25, 0.3) is 0 Å². The molecule has 1 aromatic heterocycles. The second kappa shape index (κ2) is 8.77. The van der Waals surface area contributed by atoms with Gasteiger partial charge in [-0.3, -0.25) is 10.1 Å². The van der Waals surface area contributed by atoms with Crippen LogP contribution < -0.4 is 10.1 Å². The molecule has 2 aromatic carbocycles. The van der Waals surface area contributed by atoms with Crippen LogP contribution in [0.5, 0.6) is 5.75 Å². The van der Waals surface area contributed by atoms with Gasteiger partial charge in [0.2, 0.25) is 11.0 Å². The Morgan fingerprint density at radius 2 is 1.88 bits per heavy atom.